The third kappa shape index (κ3) is 2.88. The molecule has 0 saturated heterocycles. The maximum Gasteiger partial charge on any atom is 0.258 e. The molecular weight excluding hydrogens is 308 g/mol. The summed E-state index contributed by atoms with van der Waals surface area (Å²) in [5, 5.41) is 9.61. The Morgan fingerprint density at radius 3 is 2.63 bits per heavy atom. The lowest BCUT2D eigenvalue weighted by atomic mass is 10.1. The summed E-state index contributed by atoms with van der Waals surface area (Å²) < 4.78 is 0.552. The molecule has 0 atom stereocenters. The quantitative estimate of drug-likeness (QED) is 0.836. The van der Waals surface area contributed by atoms with Crippen LogP contribution in [0.3, 0.4) is 0 Å². The van der Waals surface area contributed by atoms with Crippen LogP contribution in [0.1, 0.15) is 10.4 Å². The first-order valence-corrected chi connectivity index (χ1v) is 6.40. The maximum atomic E-state index is 12.3. The molecule has 2 aromatic carbocycles. The van der Waals surface area contributed by atoms with Crippen molar-refractivity contribution in [3.8, 4) is 5.75 Å². The van der Waals surface area contributed by atoms with Crippen LogP contribution in [0.15, 0.2) is 46.9 Å². The standard InChI is InChI=1S/C14H13BrN2O2/c1-17(11-4-2-3-10(16)8-11)14(19)9-5-6-12(15)13(18)7-9/h2-8,18H,16H2,1H3. The second-order valence-electron chi connectivity index (χ2n) is 4.13. The SMILES string of the molecule is CN(C(=O)c1ccc(Br)c(O)c1)c1cccc(N)c1. The number of anilines is 2. The van der Waals surface area contributed by atoms with E-state index in [0.717, 1.165) is 0 Å². The molecular formula is C14H13BrN2O2. The average molecular weight is 321 g/mol. The van der Waals surface area contributed by atoms with Crippen molar-refractivity contribution < 1.29 is 9.90 Å². The van der Waals surface area contributed by atoms with Crippen LogP contribution in [-0.4, -0.2) is 18.1 Å². The van der Waals surface area contributed by atoms with Crippen LogP contribution in [-0.2, 0) is 0 Å². The molecule has 5 heteroatoms. The van der Waals surface area contributed by atoms with Gasteiger partial charge in [-0.1, -0.05) is 6.07 Å². The number of hydrogen-bond donors (Lipinski definition) is 2. The Labute approximate surface area is 119 Å². The van der Waals surface area contributed by atoms with E-state index < -0.39 is 0 Å². The maximum absolute atomic E-state index is 12.3. The van der Waals surface area contributed by atoms with Crippen LogP contribution in [0.5, 0.6) is 5.75 Å². The molecule has 0 aromatic heterocycles. The van der Waals surface area contributed by atoms with Gasteiger partial charge in [-0.3, -0.25) is 4.79 Å². The number of rotatable bonds is 2. The fraction of sp³-hybridized carbons (Fsp3) is 0.0714. The third-order valence-electron chi connectivity index (χ3n) is 2.76. The Kier molecular flexibility index (Phi) is 3.76. The number of phenolic OH excluding ortho intramolecular Hbond substituents is 1. The van der Waals surface area contributed by atoms with Gasteiger partial charge in [-0.25, -0.2) is 0 Å². The molecule has 0 spiro atoms. The molecule has 4 nitrogen and oxygen atoms in total. The number of amides is 1. The number of benzene rings is 2. The van der Waals surface area contributed by atoms with Crippen molar-refractivity contribution in [2.75, 3.05) is 17.7 Å². The van der Waals surface area contributed by atoms with Gasteiger partial charge < -0.3 is 15.7 Å². The van der Waals surface area contributed by atoms with Crippen LogP contribution < -0.4 is 10.6 Å². The Balaban J connectivity index is 2.30. The predicted octanol–water partition coefficient (Wildman–Crippen LogP) is 3.01. The first kappa shape index (κ1) is 13.4. The van der Waals surface area contributed by atoms with Gasteiger partial charge in [0.1, 0.15) is 5.75 Å². The van der Waals surface area contributed by atoms with E-state index in [2.05, 4.69) is 15.9 Å². The van der Waals surface area contributed by atoms with Gasteiger partial charge in [0.2, 0.25) is 0 Å². The van der Waals surface area contributed by atoms with Crippen molar-refractivity contribution in [3.63, 3.8) is 0 Å². The Morgan fingerprint density at radius 1 is 1.26 bits per heavy atom. The molecule has 0 unspecified atom stereocenters. The summed E-state index contributed by atoms with van der Waals surface area (Å²) >= 11 is 3.18. The van der Waals surface area contributed by atoms with E-state index in [-0.39, 0.29) is 11.7 Å². The Bertz CT molecular complexity index is 629. The van der Waals surface area contributed by atoms with E-state index in [4.69, 9.17) is 5.73 Å². The topological polar surface area (TPSA) is 66.6 Å². The molecule has 19 heavy (non-hydrogen) atoms. The fourth-order valence-electron chi connectivity index (χ4n) is 1.69. The second kappa shape index (κ2) is 5.32. The van der Waals surface area contributed by atoms with E-state index in [1.807, 2.05) is 0 Å². The van der Waals surface area contributed by atoms with Gasteiger partial charge in [-0.05, 0) is 52.3 Å². The molecule has 2 rings (SSSR count). The number of nitrogens with zero attached hydrogens (tertiary/aromatic N) is 1. The zero-order valence-electron chi connectivity index (χ0n) is 10.3. The normalized spacial score (nSPS) is 10.2. The summed E-state index contributed by atoms with van der Waals surface area (Å²) in [7, 11) is 1.66. The number of carbonyl (C=O) groups is 1. The highest BCUT2D eigenvalue weighted by Gasteiger charge is 2.14. The smallest absolute Gasteiger partial charge is 0.258 e. The summed E-state index contributed by atoms with van der Waals surface area (Å²) in [6.07, 6.45) is 0. The van der Waals surface area contributed by atoms with Gasteiger partial charge in [0.15, 0.2) is 0 Å². The molecule has 0 aliphatic heterocycles. The highest BCUT2D eigenvalue weighted by molar-refractivity contribution is 9.10. The van der Waals surface area contributed by atoms with Gasteiger partial charge in [-0.15, -0.1) is 0 Å². The van der Waals surface area contributed by atoms with E-state index in [9.17, 15) is 9.90 Å². The summed E-state index contributed by atoms with van der Waals surface area (Å²) in [6, 6.07) is 11.8. The summed E-state index contributed by atoms with van der Waals surface area (Å²) in [6.45, 7) is 0. The van der Waals surface area contributed by atoms with Crippen molar-refractivity contribution in [2.24, 2.45) is 0 Å². The highest BCUT2D eigenvalue weighted by atomic mass is 79.9. The van der Waals surface area contributed by atoms with Crippen molar-refractivity contribution in [3.05, 3.63) is 52.5 Å². The minimum absolute atomic E-state index is 0.0341. The fourth-order valence-corrected chi connectivity index (χ4v) is 1.94. The number of hydrogen-bond acceptors (Lipinski definition) is 3. The second-order valence-corrected chi connectivity index (χ2v) is 4.98. The summed E-state index contributed by atoms with van der Waals surface area (Å²) in [5.74, 6) is -0.180. The molecule has 98 valence electrons. The first-order chi connectivity index (χ1) is 8.99. The van der Waals surface area contributed by atoms with Crippen molar-refractivity contribution in [1.29, 1.82) is 0 Å². The number of nitrogen functional groups attached to an aromatic ring is 1. The lowest BCUT2D eigenvalue weighted by Crippen LogP contribution is -2.26. The molecule has 0 bridgehead atoms. The Morgan fingerprint density at radius 2 is 2.00 bits per heavy atom. The highest BCUT2D eigenvalue weighted by Crippen LogP contribution is 2.26. The van der Waals surface area contributed by atoms with Gasteiger partial charge in [0, 0.05) is 24.0 Å². The minimum Gasteiger partial charge on any atom is -0.507 e. The number of aromatic hydroxyl groups is 1. The van der Waals surface area contributed by atoms with Crippen molar-refractivity contribution in [1.82, 2.24) is 0 Å². The molecule has 3 N–H and O–H groups in total. The zero-order chi connectivity index (χ0) is 14.0. The zero-order valence-corrected chi connectivity index (χ0v) is 11.9. The molecule has 0 saturated carbocycles. The van der Waals surface area contributed by atoms with Crippen molar-refractivity contribution >= 4 is 33.2 Å². The number of nitrogens with two attached hydrogens (primary N) is 1. The number of halogens is 1. The van der Waals surface area contributed by atoms with Crippen LogP contribution in [0.4, 0.5) is 11.4 Å². The van der Waals surface area contributed by atoms with Crippen LogP contribution in [0, 0.1) is 0 Å². The molecule has 2 aromatic rings. The van der Waals surface area contributed by atoms with E-state index in [1.54, 1.807) is 43.4 Å². The van der Waals surface area contributed by atoms with Gasteiger partial charge in [0.25, 0.3) is 5.91 Å². The monoisotopic (exact) mass is 320 g/mol. The Hall–Kier alpha value is -2.01. The van der Waals surface area contributed by atoms with Crippen LogP contribution in [0.2, 0.25) is 0 Å². The molecule has 0 aliphatic rings. The summed E-state index contributed by atoms with van der Waals surface area (Å²) in [4.78, 5) is 13.8. The third-order valence-corrected chi connectivity index (χ3v) is 3.43. The van der Waals surface area contributed by atoms with Gasteiger partial charge in [-0.2, -0.15) is 0 Å². The molecule has 0 heterocycles. The molecule has 0 aliphatic carbocycles. The van der Waals surface area contributed by atoms with Crippen LogP contribution in [0.25, 0.3) is 0 Å². The predicted molar refractivity (Wildman–Crippen MR) is 79.4 cm³/mol. The van der Waals surface area contributed by atoms with E-state index in [1.165, 1.54) is 11.0 Å². The lowest BCUT2D eigenvalue weighted by Gasteiger charge is -2.18. The minimum atomic E-state index is -0.214. The number of carbonyl (C=O) groups excluding carboxylic acids is 1. The molecule has 0 radical (unpaired) electrons. The van der Waals surface area contributed by atoms with E-state index in [0.29, 0.717) is 21.4 Å². The lowest BCUT2D eigenvalue weighted by molar-refractivity contribution is 0.0992. The first-order valence-electron chi connectivity index (χ1n) is 5.61. The van der Waals surface area contributed by atoms with E-state index >= 15 is 0 Å². The number of phenols is 1. The van der Waals surface area contributed by atoms with Crippen molar-refractivity contribution in [2.45, 2.75) is 0 Å². The van der Waals surface area contributed by atoms with Gasteiger partial charge in [0.05, 0.1) is 4.47 Å². The van der Waals surface area contributed by atoms with Crippen LogP contribution >= 0.6 is 15.9 Å². The summed E-state index contributed by atoms with van der Waals surface area (Å²) in [5.41, 5.74) is 7.40. The molecule has 0 fully saturated rings. The largest absolute Gasteiger partial charge is 0.507 e. The molecule has 1 amide bonds. The average Bonchev–Trinajstić information content (AvgIpc) is 2.40. The van der Waals surface area contributed by atoms with Gasteiger partial charge >= 0.3 is 0 Å².